The second-order valence-electron chi connectivity index (χ2n) is 3.23. The predicted molar refractivity (Wildman–Crippen MR) is 52.6 cm³/mol. The van der Waals surface area contributed by atoms with Crippen LogP contribution >= 0.6 is 0 Å². The molecule has 0 aromatic carbocycles. The summed E-state index contributed by atoms with van der Waals surface area (Å²) < 4.78 is 5.12. The van der Waals surface area contributed by atoms with Crippen LogP contribution in [0.4, 0.5) is 0 Å². The van der Waals surface area contributed by atoms with Gasteiger partial charge in [0.2, 0.25) is 0 Å². The van der Waals surface area contributed by atoms with Gasteiger partial charge in [0.05, 0.1) is 19.3 Å². The zero-order valence-electron chi connectivity index (χ0n) is 8.48. The summed E-state index contributed by atoms with van der Waals surface area (Å²) in [5, 5.41) is 25.7. The molecule has 0 aliphatic carbocycles. The van der Waals surface area contributed by atoms with Crippen molar-refractivity contribution in [3.63, 3.8) is 0 Å². The topological polar surface area (TPSA) is 73.5 Å². The first kappa shape index (κ1) is 13.4. The van der Waals surface area contributed by atoms with E-state index in [1.54, 1.807) is 0 Å². The van der Waals surface area contributed by atoms with Crippen molar-refractivity contribution < 1.29 is 14.9 Å². The molecular weight excluding hydrogens is 182 g/mol. The van der Waals surface area contributed by atoms with Crippen molar-refractivity contribution in [2.24, 2.45) is 0 Å². The van der Waals surface area contributed by atoms with Crippen LogP contribution in [0.3, 0.4) is 0 Å². The van der Waals surface area contributed by atoms with Gasteiger partial charge in [-0.15, -0.1) is 0 Å². The largest absolute Gasteiger partial charge is 0.394 e. The van der Waals surface area contributed by atoms with Crippen molar-refractivity contribution >= 4 is 0 Å². The highest BCUT2D eigenvalue weighted by molar-refractivity contribution is 4.67. The smallest absolute Gasteiger partial charge is 0.100 e. The average Bonchev–Trinajstić information content (AvgIpc) is 2.21. The Morgan fingerprint density at radius 2 is 1.93 bits per heavy atom. The molecular formula is C10H19NO3. The predicted octanol–water partition coefficient (Wildman–Crippen LogP) is 0.830. The van der Waals surface area contributed by atoms with E-state index in [9.17, 15) is 0 Å². The number of aliphatic hydroxyl groups is 2. The third kappa shape index (κ3) is 9.46. The van der Waals surface area contributed by atoms with Gasteiger partial charge < -0.3 is 14.9 Å². The minimum absolute atomic E-state index is 0.203. The standard InChI is InChI=1S/C10H19NO3/c11-6-4-2-1-3-5-7-14-9-10(13)8-12/h10,12-13H,1-5,7-9H2. The molecule has 1 unspecified atom stereocenters. The zero-order valence-corrected chi connectivity index (χ0v) is 8.48. The van der Waals surface area contributed by atoms with Crippen molar-refractivity contribution in [1.29, 1.82) is 5.26 Å². The number of hydrogen-bond donors (Lipinski definition) is 2. The van der Waals surface area contributed by atoms with Gasteiger partial charge in [-0.1, -0.05) is 12.8 Å². The Kier molecular flexibility index (Phi) is 9.98. The zero-order chi connectivity index (χ0) is 10.6. The monoisotopic (exact) mass is 201 g/mol. The summed E-state index contributed by atoms with van der Waals surface area (Å²) in [6.07, 6.45) is 3.88. The molecule has 0 aromatic rings. The van der Waals surface area contributed by atoms with E-state index in [2.05, 4.69) is 6.07 Å². The van der Waals surface area contributed by atoms with E-state index in [1.165, 1.54) is 0 Å². The number of nitrogens with zero attached hydrogens (tertiary/aromatic N) is 1. The number of hydrogen-bond acceptors (Lipinski definition) is 4. The van der Waals surface area contributed by atoms with Crippen LogP contribution in [0.15, 0.2) is 0 Å². The van der Waals surface area contributed by atoms with Gasteiger partial charge in [-0.2, -0.15) is 5.26 Å². The highest BCUT2D eigenvalue weighted by Crippen LogP contribution is 2.02. The van der Waals surface area contributed by atoms with E-state index >= 15 is 0 Å². The van der Waals surface area contributed by atoms with E-state index in [4.69, 9.17) is 20.2 Å². The lowest BCUT2D eigenvalue weighted by molar-refractivity contribution is 0.00527. The summed E-state index contributed by atoms with van der Waals surface area (Å²) in [4.78, 5) is 0. The highest BCUT2D eigenvalue weighted by Gasteiger charge is 2.00. The summed E-state index contributed by atoms with van der Waals surface area (Å²) in [6.45, 7) is 0.570. The van der Waals surface area contributed by atoms with Gasteiger partial charge in [0, 0.05) is 13.0 Å². The third-order valence-corrected chi connectivity index (χ3v) is 1.85. The third-order valence-electron chi connectivity index (χ3n) is 1.85. The van der Waals surface area contributed by atoms with Crippen LogP contribution in [0.2, 0.25) is 0 Å². The molecule has 2 N–H and O–H groups in total. The first-order chi connectivity index (χ1) is 6.81. The Labute approximate surface area is 85.1 Å². The molecule has 0 spiro atoms. The molecule has 0 aromatic heterocycles. The first-order valence-corrected chi connectivity index (χ1v) is 5.05. The van der Waals surface area contributed by atoms with E-state index in [0.717, 1.165) is 25.7 Å². The number of nitriles is 1. The fraction of sp³-hybridized carbons (Fsp3) is 0.900. The summed E-state index contributed by atoms with van der Waals surface area (Å²) in [6, 6.07) is 2.10. The van der Waals surface area contributed by atoms with Gasteiger partial charge >= 0.3 is 0 Å². The van der Waals surface area contributed by atoms with Gasteiger partial charge in [-0.25, -0.2) is 0 Å². The molecule has 0 bridgehead atoms. The molecule has 4 nitrogen and oxygen atoms in total. The molecule has 0 saturated carbocycles. The minimum Gasteiger partial charge on any atom is -0.394 e. The van der Waals surface area contributed by atoms with E-state index in [1.807, 2.05) is 0 Å². The average molecular weight is 201 g/mol. The van der Waals surface area contributed by atoms with E-state index in [-0.39, 0.29) is 13.2 Å². The highest BCUT2D eigenvalue weighted by atomic mass is 16.5. The van der Waals surface area contributed by atoms with Crippen LogP contribution in [-0.4, -0.2) is 36.1 Å². The van der Waals surface area contributed by atoms with Crippen molar-refractivity contribution in [3.05, 3.63) is 0 Å². The Balaban J connectivity index is 2.96. The molecule has 0 saturated heterocycles. The maximum absolute atomic E-state index is 8.92. The number of aliphatic hydroxyl groups excluding tert-OH is 2. The number of ether oxygens (including phenoxy) is 1. The van der Waals surface area contributed by atoms with Gasteiger partial charge in [0.15, 0.2) is 0 Å². The SMILES string of the molecule is N#CCCCCCCOCC(O)CO. The van der Waals surface area contributed by atoms with Crippen molar-refractivity contribution in [2.45, 2.75) is 38.2 Å². The van der Waals surface area contributed by atoms with Gasteiger partial charge in [0.1, 0.15) is 6.10 Å². The Morgan fingerprint density at radius 3 is 2.57 bits per heavy atom. The van der Waals surface area contributed by atoms with Gasteiger partial charge in [-0.3, -0.25) is 0 Å². The number of rotatable bonds is 9. The quantitative estimate of drug-likeness (QED) is 0.542. The molecule has 0 fully saturated rings. The molecule has 0 aliphatic heterocycles. The van der Waals surface area contributed by atoms with Crippen LogP contribution in [0, 0.1) is 11.3 Å². The second-order valence-corrected chi connectivity index (χ2v) is 3.23. The van der Waals surface area contributed by atoms with Crippen molar-refractivity contribution in [2.75, 3.05) is 19.8 Å². The molecule has 14 heavy (non-hydrogen) atoms. The lowest BCUT2D eigenvalue weighted by Gasteiger charge is -2.07. The molecule has 1 atom stereocenters. The number of unbranched alkanes of at least 4 members (excludes halogenated alkanes) is 4. The minimum atomic E-state index is -0.756. The maximum Gasteiger partial charge on any atom is 0.100 e. The van der Waals surface area contributed by atoms with Crippen LogP contribution < -0.4 is 0 Å². The van der Waals surface area contributed by atoms with Crippen LogP contribution in [0.1, 0.15) is 32.1 Å². The molecule has 0 heterocycles. The summed E-state index contributed by atoms with van der Waals surface area (Å²) >= 11 is 0. The van der Waals surface area contributed by atoms with Crippen LogP contribution in [0.25, 0.3) is 0 Å². The van der Waals surface area contributed by atoms with Crippen LogP contribution in [-0.2, 0) is 4.74 Å². The molecule has 82 valence electrons. The molecule has 0 rings (SSSR count). The molecule has 0 radical (unpaired) electrons. The lowest BCUT2D eigenvalue weighted by Crippen LogP contribution is -2.19. The Morgan fingerprint density at radius 1 is 1.21 bits per heavy atom. The maximum atomic E-state index is 8.92. The molecule has 0 amide bonds. The summed E-state index contributed by atoms with van der Waals surface area (Å²) in [5.74, 6) is 0. The fourth-order valence-corrected chi connectivity index (χ4v) is 1.03. The fourth-order valence-electron chi connectivity index (χ4n) is 1.03. The summed E-state index contributed by atoms with van der Waals surface area (Å²) in [7, 11) is 0. The van der Waals surface area contributed by atoms with Gasteiger partial charge in [-0.05, 0) is 12.8 Å². The normalized spacial score (nSPS) is 12.4. The lowest BCUT2D eigenvalue weighted by atomic mass is 10.2. The van der Waals surface area contributed by atoms with Crippen molar-refractivity contribution in [1.82, 2.24) is 0 Å². The second kappa shape index (κ2) is 10.5. The van der Waals surface area contributed by atoms with Gasteiger partial charge in [0.25, 0.3) is 0 Å². The van der Waals surface area contributed by atoms with Crippen molar-refractivity contribution in [3.8, 4) is 6.07 Å². The Bertz CT molecular complexity index is 156. The molecule has 0 aliphatic rings. The summed E-state index contributed by atoms with van der Waals surface area (Å²) in [5.41, 5.74) is 0. The van der Waals surface area contributed by atoms with E-state index < -0.39 is 6.10 Å². The molecule has 4 heteroatoms. The van der Waals surface area contributed by atoms with E-state index in [0.29, 0.717) is 13.0 Å². The van der Waals surface area contributed by atoms with Crippen LogP contribution in [0.5, 0.6) is 0 Å². The first-order valence-electron chi connectivity index (χ1n) is 5.05. The Hall–Kier alpha value is -0.630.